The van der Waals surface area contributed by atoms with Crippen LogP contribution in [0.3, 0.4) is 0 Å². The molecule has 0 radical (unpaired) electrons. The van der Waals surface area contributed by atoms with Crippen LogP contribution in [0.2, 0.25) is 0 Å². The van der Waals surface area contributed by atoms with Crippen LogP contribution in [0.1, 0.15) is 38.2 Å². The van der Waals surface area contributed by atoms with Crippen LogP contribution in [0.4, 0.5) is 5.69 Å². The normalized spacial score (nSPS) is 25.9. The average Bonchev–Trinajstić information content (AvgIpc) is 2.60. The smallest absolute Gasteiger partial charge is 0.313 e. The Balaban J connectivity index is 1.81. The molecule has 0 saturated heterocycles. The second kappa shape index (κ2) is 5.69. The second-order valence-electron chi connectivity index (χ2n) is 6.96. The quantitative estimate of drug-likeness (QED) is 0.776. The fraction of sp³-hybridized carbons (Fsp3) is 0.450. The van der Waals surface area contributed by atoms with Crippen LogP contribution in [-0.4, -0.2) is 25.2 Å². The van der Waals surface area contributed by atoms with Crippen LogP contribution in [0, 0.1) is 0 Å². The van der Waals surface area contributed by atoms with Crippen molar-refractivity contribution in [3.05, 3.63) is 47.2 Å². The van der Waals surface area contributed by atoms with Gasteiger partial charge in [0, 0.05) is 12.2 Å². The molecule has 2 aliphatic heterocycles. The number of hydrogen-bond donors (Lipinski definition) is 0. The highest BCUT2D eigenvalue weighted by atomic mass is 16.5. The number of hydrogen-bond acceptors (Lipinski definition) is 4. The largest absolute Gasteiger partial charge is 0.497 e. The minimum atomic E-state index is -0.306. The Hall–Kier alpha value is -2.23. The zero-order chi connectivity index (χ0) is 16.7. The standard InChI is InChI=1S/C20H23NO3/c1-20(13-19(22)24-18-8-4-3-7-16(18)20)21-11-5-6-14-12-15(23-2)9-10-17(14)21/h4,8-10,12H,3,5-7,11,13H2,1-2H3. The van der Waals surface area contributed by atoms with E-state index in [-0.39, 0.29) is 11.5 Å². The van der Waals surface area contributed by atoms with Gasteiger partial charge in [-0.25, -0.2) is 0 Å². The molecule has 1 aliphatic carbocycles. The molecule has 2 heterocycles. The third-order valence-electron chi connectivity index (χ3n) is 5.49. The molecule has 4 rings (SSSR count). The molecule has 24 heavy (non-hydrogen) atoms. The Labute approximate surface area is 142 Å². The van der Waals surface area contributed by atoms with Crippen LogP contribution in [0.25, 0.3) is 0 Å². The van der Waals surface area contributed by atoms with Gasteiger partial charge in [-0.1, -0.05) is 6.08 Å². The van der Waals surface area contributed by atoms with Crippen molar-refractivity contribution in [3.8, 4) is 5.75 Å². The molecule has 0 spiro atoms. The van der Waals surface area contributed by atoms with E-state index in [0.717, 1.165) is 43.7 Å². The first-order valence-electron chi connectivity index (χ1n) is 8.67. The van der Waals surface area contributed by atoms with Crippen molar-refractivity contribution in [1.82, 2.24) is 0 Å². The Morgan fingerprint density at radius 1 is 1.29 bits per heavy atom. The molecule has 0 amide bonds. The van der Waals surface area contributed by atoms with E-state index in [1.807, 2.05) is 12.1 Å². The topological polar surface area (TPSA) is 38.8 Å². The highest BCUT2D eigenvalue weighted by Gasteiger charge is 2.45. The molecule has 126 valence electrons. The van der Waals surface area contributed by atoms with Crippen LogP contribution in [0.15, 0.2) is 41.7 Å². The summed E-state index contributed by atoms with van der Waals surface area (Å²) < 4.78 is 10.9. The van der Waals surface area contributed by atoms with E-state index in [0.29, 0.717) is 6.42 Å². The van der Waals surface area contributed by atoms with Gasteiger partial charge in [-0.3, -0.25) is 4.79 Å². The first-order valence-corrected chi connectivity index (χ1v) is 8.67. The van der Waals surface area contributed by atoms with Crippen molar-refractivity contribution < 1.29 is 14.3 Å². The van der Waals surface area contributed by atoms with Gasteiger partial charge >= 0.3 is 5.97 Å². The Kier molecular flexibility index (Phi) is 3.63. The maximum Gasteiger partial charge on any atom is 0.313 e. The number of methoxy groups -OCH3 is 1. The lowest BCUT2D eigenvalue weighted by atomic mass is 9.78. The number of rotatable bonds is 2. The third-order valence-corrected chi connectivity index (χ3v) is 5.49. The van der Waals surface area contributed by atoms with Crippen molar-refractivity contribution in [2.45, 2.75) is 44.6 Å². The zero-order valence-electron chi connectivity index (χ0n) is 14.3. The molecule has 1 atom stereocenters. The zero-order valence-corrected chi connectivity index (χ0v) is 14.3. The van der Waals surface area contributed by atoms with Crippen molar-refractivity contribution >= 4 is 11.7 Å². The molecule has 4 nitrogen and oxygen atoms in total. The van der Waals surface area contributed by atoms with Gasteiger partial charge in [0.05, 0.1) is 19.1 Å². The number of aryl methyl sites for hydroxylation is 1. The first kappa shape index (κ1) is 15.3. The fourth-order valence-electron chi connectivity index (χ4n) is 4.29. The molecule has 1 aromatic rings. The van der Waals surface area contributed by atoms with Crippen molar-refractivity contribution in [1.29, 1.82) is 0 Å². The van der Waals surface area contributed by atoms with E-state index >= 15 is 0 Å². The van der Waals surface area contributed by atoms with E-state index in [1.165, 1.54) is 16.8 Å². The Bertz CT molecular complexity index is 749. The molecule has 0 aromatic heterocycles. The number of allylic oxidation sites excluding steroid dienone is 2. The summed E-state index contributed by atoms with van der Waals surface area (Å²) in [6, 6.07) is 6.28. The number of carbonyl (C=O) groups excluding carboxylic acids is 1. The molecule has 4 heteroatoms. The Morgan fingerprint density at radius 2 is 2.17 bits per heavy atom. The van der Waals surface area contributed by atoms with Crippen LogP contribution >= 0.6 is 0 Å². The number of fused-ring (bicyclic) bond motifs is 1. The summed E-state index contributed by atoms with van der Waals surface area (Å²) >= 11 is 0. The first-order chi connectivity index (χ1) is 11.6. The van der Waals surface area contributed by atoms with Gasteiger partial charge in [0.1, 0.15) is 11.5 Å². The predicted molar refractivity (Wildman–Crippen MR) is 93.2 cm³/mol. The molecule has 0 saturated carbocycles. The summed E-state index contributed by atoms with van der Waals surface area (Å²) in [6.45, 7) is 3.16. The molecule has 0 fully saturated rings. The predicted octanol–water partition coefficient (Wildman–Crippen LogP) is 3.76. The Morgan fingerprint density at radius 3 is 3.00 bits per heavy atom. The van der Waals surface area contributed by atoms with Crippen molar-refractivity contribution in [2.75, 3.05) is 18.6 Å². The van der Waals surface area contributed by atoms with Crippen LogP contribution < -0.4 is 9.64 Å². The molecule has 1 aromatic carbocycles. The average molecular weight is 325 g/mol. The lowest BCUT2D eigenvalue weighted by Crippen LogP contribution is -2.54. The molecule has 0 N–H and O–H groups in total. The summed E-state index contributed by atoms with van der Waals surface area (Å²) in [5.41, 5.74) is 3.47. The SMILES string of the molecule is COc1ccc2c(c1)CCCN2C1(C)CC(=O)OC2=C1CCC=C2. The van der Waals surface area contributed by atoms with E-state index in [2.05, 4.69) is 30.0 Å². The highest BCUT2D eigenvalue weighted by Crippen LogP contribution is 2.45. The van der Waals surface area contributed by atoms with Crippen LogP contribution in [0.5, 0.6) is 5.75 Å². The summed E-state index contributed by atoms with van der Waals surface area (Å²) in [4.78, 5) is 14.7. The summed E-state index contributed by atoms with van der Waals surface area (Å²) in [5, 5.41) is 0. The van der Waals surface area contributed by atoms with Gasteiger partial charge in [-0.15, -0.1) is 0 Å². The van der Waals surface area contributed by atoms with Gasteiger partial charge in [-0.05, 0) is 68.0 Å². The maximum atomic E-state index is 12.3. The molecular weight excluding hydrogens is 302 g/mol. The molecule has 3 aliphatic rings. The van der Waals surface area contributed by atoms with Gasteiger partial charge in [0.2, 0.25) is 0 Å². The monoisotopic (exact) mass is 325 g/mol. The number of anilines is 1. The highest BCUT2D eigenvalue weighted by molar-refractivity contribution is 5.78. The van der Waals surface area contributed by atoms with Gasteiger partial charge in [0.15, 0.2) is 0 Å². The minimum Gasteiger partial charge on any atom is -0.497 e. The number of esters is 1. The van der Waals surface area contributed by atoms with Gasteiger partial charge in [-0.2, -0.15) is 0 Å². The number of carbonyl (C=O) groups is 1. The van der Waals surface area contributed by atoms with E-state index < -0.39 is 0 Å². The van der Waals surface area contributed by atoms with E-state index in [1.54, 1.807) is 7.11 Å². The van der Waals surface area contributed by atoms with Gasteiger partial charge < -0.3 is 14.4 Å². The fourth-order valence-corrected chi connectivity index (χ4v) is 4.29. The van der Waals surface area contributed by atoms with E-state index in [4.69, 9.17) is 9.47 Å². The summed E-state index contributed by atoms with van der Waals surface area (Å²) in [6.07, 6.45) is 8.57. The molecular formula is C20H23NO3. The number of ether oxygens (including phenoxy) is 2. The maximum absolute atomic E-state index is 12.3. The molecule has 1 unspecified atom stereocenters. The van der Waals surface area contributed by atoms with E-state index in [9.17, 15) is 4.79 Å². The minimum absolute atomic E-state index is 0.136. The van der Waals surface area contributed by atoms with Crippen molar-refractivity contribution in [3.63, 3.8) is 0 Å². The lowest BCUT2D eigenvalue weighted by molar-refractivity contribution is -0.141. The summed E-state index contributed by atoms with van der Waals surface area (Å²) in [5.74, 6) is 1.52. The second-order valence-corrected chi connectivity index (χ2v) is 6.96. The molecule has 0 bridgehead atoms. The third kappa shape index (κ3) is 2.32. The number of benzene rings is 1. The lowest BCUT2D eigenvalue weighted by Gasteiger charge is -2.49. The van der Waals surface area contributed by atoms with Crippen molar-refractivity contribution in [2.24, 2.45) is 0 Å². The number of nitrogens with zero attached hydrogens (tertiary/aromatic N) is 1. The summed E-state index contributed by atoms with van der Waals surface area (Å²) in [7, 11) is 1.70. The van der Waals surface area contributed by atoms with Gasteiger partial charge in [0.25, 0.3) is 0 Å². The van der Waals surface area contributed by atoms with Crippen LogP contribution in [-0.2, 0) is 16.0 Å².